The van der Waals surface area contributed by atoms with Crippen molar-refractivity contribution in [1.29, 1.82) is 0 Å². The smallest absolute Gasteiger partial charge is 0.306 e. The molecule has 350 valence electrons. The molecule has 0 aromatic heterocycles. The highest BCUT2D eigenvalue weighted by molar-refractivity contribution is 5.77. The Hall–Kier alpha value is -2.18. The summed E-state index contributed by atoms with van der Waals surface area (Å²) < 4.78 is 5.92. The zero-order valence-electron chi connectivity index (χ0n) is 39.8. The lowest BCUT2D eigenvalue weighted by atomic mass is 10.0. The predicted molar refractivity (Wildman–Crippen MR) is 259 cm³/mol. The average Bonchev–Trinajstić information content (AvgIpc) is 3.24. The van der Waals surface area contributed by atoms with Crippen LogP contribution in [0.1, 0.15) is 258 Å². The highest BCUT2D eigenvalue weighted by Gasteiger charge is 2.24. The number of allylic oxidation sites excluding steroid dienone is 8. The van der Waals surface area contributed by atoms with E-state index in [1.165, 1.54) is 116 Å². The Morgan fingerprint density at radius 1 is 0.500 bits per heavy atom. The van der Waals surface area contributed by atoms with Crippen LogP contribution in [-0.2, 0) is 14.3 Å². The number of hydrogen-bond donors (Lipinski definition) is 3. The molecule has 0 aromatic carbocycles. The molecular formula is C54H99NO5. The fourth-order valence-electron chi connectivity index (χ4n) is 7.73. The number of aliphatic hydroxyl groups excluding tert-OH is 2. The van der Waals surface area contributed by atoms with Gasteiger partial charge < -0.3 is 20.3 Å². The van der Waals surface area contributed by atoms with Crippen LogP contribution in [0.3, 0.4) is 0 Å². The van der Waals surface area contributed by atoms with Crippen LogP contribution >= 0.6 is 0 Å². The van der Waals surface area contributed by atoms with Crippen LogP contribution in [0, 0.1) is 0 Å². The molecule has 0 heterocycles. The first-order valence-corrected chi connectivity index (χ1v) is 25.9. The Morgan fingerprint density at radius 2 is 0.900 bits per heavy atom. The van der Waals surface area contributed by atoms with Crippen LogP contribution in [0.15, 0.2) is 48.6 Å². The van der Waals surface area contributed by atoms with Crippen LogP contribution in [0.25, 0.3) is 0 Å². The van der Waals surface area contributed by atoms with E-state index in [0.29, 0.717) is 19.3 Å². The van der Waals surface area contributed by atoms with Gasteiger partial charge in [0.05, 0.1) is 25.2 Å². The van der Waals surface area contributed by atoms with Crippen molar-refractivity contribution in [2.45, 2.75) is 277 Å². The Balaban J connectivity index is 4.60. The van der Waals surface area contributed by atoms with E-state index in [2.05, 4.69) is 74.7 Å². The summed E-state index contributed by atoms with van der Waals surface area (Å²) in [6, 6.07) is -0.708. The maximum absolute atomic E-state index is 13.2. The van der Waals surface area contributed by atoms with Gasteiger partial charge in [-0.05, 0) is 83.5 Å². The molecule has 0 saturated carbocycles. The Kier molecular flexibility index (Phi) is 46.1. The van der Waals surface area contributed by atoms with Gasteiger partial charge in [0.2, 0.25) is 5.91 Å². The van der Waals surface area contributed by atoms with E-state index in [4.69, 9.17) is 4.74 Å². The van der Waals surface area contributed by atoms with E-state index in [1.807, 2.05) is 0 Å². The highest BCUT2D eigenvalue weighted by Crippen LogP contribution is 2.18. The lowest BCUT2D eigenvalue weighted by molar-refractivity contribution is -0.151. The second-order valence-electron chi connectivity index (χ2n) is 17.5. The van der Waals surface area contributed by atoms with Crippen LogP contribution in [0.5, 0.6) is 0 Å². The Morgan fingerprint density at radius 3 is 1.40 bits per heavy atom. The molecule has 0 aliphatic rings. The van der Waals surface area contributed by atoms with E-state index in [-0.39, 0.29) is 24.9 Å². The number of carbonyl (C=O) groups excluding carboxylic acids is 2. The molecule has 0 rings (SSSR count). The van der Waals surface area contributed by atoms with E-state index >= 15 is 0 Å². The Labute approximate surface area is 372 Å². The van der Waals surface area contributed by atoms with Crippen LogP contribution in [-0.4, -0.2) is 46.9 Å². The number of amides is 1. The van der Waals surface area contributed by atoms with Crippen LogP contribution < -0.4 is 5.32 Å². The maximum atomic E-state index is 13.2. The van der Waals surface area contributed by atoms with Gasteiger partial charge in [0.25, 0.3) is 0 Å². The molecule has 0 saturated heterocycles. The third-order valence-corrected chi connectivity index (χ3v) is 11.6. The number of nitrogens with one attached hydrogen (secondary N) is 1. The standard InChI is InChI=1S/C54H99NO5/c1-4-7-10-13-16-19-22-25-28-31-34-37-40-43-46-52(57)51(49-56)55-53(58)48-50(45-42-39-36-33-30-27-24-21-18-15-12-9-6-3)60-54(59)47-44-41-38-35-32-29-26-23-20-17-14-11-8-5-2/h8,11,17,20-21,24,26,29,50-52,56-57H,4-7,9-10,12-16,18-19,22-23,25,27-28,30-49H2,1-3H3,(H,55,58)/b11-8+,20-17+,24-21-,29-26+. The summed E-state index contributed by atoms with van der Waals surface area (Å²) in [6.45, 7) is 6.36. The van der Waals surface area contributed by atoms with Gasteiger partial charge >= 0.3 is 5.97 Å². The number of aliphatic hydroxyl groups is 2. The molecule has 6 heteroatoms. The van der Waals surface area contributed by atoms with Crippen molar-refractivity contribution in [3.8, 4) is 0 Å². The molecule has 0 fully saturated rings. The summed E-state index contributed by atoms with van der Waals surface area (Å²) in [5, 5.41) is 23.8. The lowest BCUT2D eigenvalue weighted by Crippen LogP contribution is -2.46. The van der Waals surface area contributed by atoms with Crippen LogP contribution in [0.2, 0.25) is 0 Å². The van der Waals surface area contributed by atoms with Gasteiger partial charge in [-0.15, -0.1) is 0 Å². The first-order chi connectivity index (χ1) is 29.5. The van der Waals surface area contributed by atoms with Crippen molar-refractivity contribution in [3.05, 3.63) is 48.6 Å². The monoisotopic (exact) mass is 842 g/mol. The van der Waals surface area contributed by atoms with Crippen molar-refractivity contribution in [1.82, 2.24) is 5.32 Å². The van der Waals surface area contributed by atoms with E-state index in [9.17, 15) is 19.8 Å². The molecule has 3 unspecified atom stereocenters. The number of esters is 1. The molecule has 3 N–H and O–H groups in total. The molecule has 0 aromatic rings. The third-order valence-electron chi connectivity index (χ3n) is 11.6. The quantitative estimate of drug-likeness (QED) is 0.0322. The van der Waals surface area contributed by atoms with Crippen molar-refractivity contribution < 1.29 is 24.5 Å². The third kappa shape index (κ3) is 42.5. The van der Waals surface area contributed by atoms with Gasteiger partial charge in [0.15, 0.2) is 0 Å². The Bertz CT molecular complexity index is 1040. The molecule has 1 amide bonds. The number of ether oxygens (including phenoxy) is 1. The minimum Gasteiger partial charge on any atom is -0.462 e. The predicted octanol–water partition coefficient (Wildman–Crippen LogP) is 15.5. The largest absolute Gasteiger partial charge is 0.462 e. The molecule has 3 atom stereocenters. The summed E-state index contributed by atoms with van der Waals surface area (Å²) in [6.07, 6.45) is 57.4. The summed E-state index contributed by atoms with van der Waals surface area (Å²) in [7, 11) is 0. The molecular weight excluding hydrogens is 743 g/mol. The van der Waals surface area contributed by atoms with Crippen molar-refractivity contribution in [2.24, 2.45) is 0 Å². The molecule has 6 nitrogen and oxygen atoms in total. The molecule has 0 radical (unpaired) electrons. The fraction of sp³-hybridized carbons (Fsp3) is 0.815. The number of hydrogen-bond acceptors (Lipinski definition) is 5. The molecule has 60 heavy (non-hydrogen) atoms. The minimum atomic E-state index is -0.793. The second kappa shape index (κ2) is 47.9. The second-order valence-corrected chi connectivity index (χ2v) is 17.5. The normalized spacial score (nSPS) is 13.6. The zero-order valence-corrected chi connectivity index (χ0v) is 39.8. The summed E-state index contributed by atoms with van der Waals surface area (Å²) in [5.41, 5.74) is 0. The summed E-state index contributed by atoms with van der Waals surface area (Å²) in [4.78, 5) is 26.1. The summed E-state index contributed by atoms with van der Waals surface area (Å²) in [5.74, 6) is -0.503. The molecule has 0 spiro atoms. The average molecular weight is 842 g/mol. The first kappa shape index (κ1) is 57.8. The van der Waals surface area contributed by atoms with Gasteiger partial charge in [-0.3, -0.25) is 9.59 Å². The topological polar surface area (TPSA) is 95.9 Å². The minimum absolute atomic E-state index is 0.0633. The number of rotatable bonds is 46. The van der Waals surface area contributed by atoms with Gasteiger partial charge in [-0.1, -0.05) is 211 Å². The highest BCUT2D eigenvalue weighted by atomic mass is 16.5. The van der Waals surface area contributed by atoms with E-state index in [0.717, 1.165) is 96.3 Å². The molecule has 0 aliphatic carbocycles. The molecule has 0 aliphatic heterocycles. The van der Waals surface area contributed by atoms with E-state index < -0.39 is 18.2 Å². The fourth-order valence-corrected chi connectivity index (χ4v) is 7.73. The van der Waals surface area contributed by atoms with Gasteiger partial charge in [0, 0.05) is 6.42 Å². The van der Waals surface area contributed by atoms with Gasteiger partial charge in [-0.2, -0.15) is 0 Å². The van der Waals surface area contributed by atoms with Gasteiger partial charge in [-0.25, -0.2) is 0 Å². The van der Waals surface area contributed by atoms with Crippen molar-refractivity contribution in [3.63, 3.8) is 0 Å². The summed E-state index contributed by atoms with van der Waals surface area (Å²) >= 11 is 0. The molecule has 0 bridgehead atoms. The maximum Gasteiger partial charge on any atom is 0.306 e. The number of carbonyl (C=O) groups is 2. The van der Waals surface area contributed by atoms with E-state index in [1.54, 1.807) is 0 Å². The first-order valence-electron chi connectivity index (χ1n) is 25.9. The lowest BCUT2D eigenvalue weighted by Gasteiger charge is -2.24. The van der Waals surface area contributed by atoms with Crippen molar-refractivity contribution >= 4 is 11.9 Å². The SMILES string of the molecule is CC/C=C/C/C=C/C/C=C/CCCCCCC(=O)OC(CCCCCCC/C=C\CCCCCC)CC(=O)NC(CO)C(O)CCCCCCCCCCCCCCCC. The van der Waals surface area contributed by atoms with Crippen LogP contribution in [0.4, 0.5) is 0 Å². The zero-order chi connectivity index (χ0) is 43.8. The number of unbranched alkanes of at least 4 members (excludes halogenated alkanes) is 26. The van der Waals surface area contributed by atoms with Gasteiger partial charge in [0.1, 0.15) is 6.10 Å². The van der Waals surface area contributed by atoms with Crippen molar-refractivity contribution in [2.75, 3.05) is 6.61 Å².